The van der Waals surface area contributed by atoms with Crippen LogP contribution in [0.1, 0.15) is 44.2 Å². The van der Waals surface area contributed by atoms with Crippen LogP contribution in [0.15, 0.2) is 18.2 Å². The smallest absolute Gasteiger partial charge is 0.165 e. The van der Waals surface area contributed by atoms with Gasteiger partial charge in [-0.3, -0.25) is 4.90 Å². The first kappa shape index (κ1) is 23.3. The molecule has 0 unspecified atom stereocenters. The average Bonchev–Trinajstić information content (AvgIpc) is 2.59. The SMILES string of the molecule is CCCCC[C@@H](c1cccc(OC)c1OC)N1CCNCC1.Cl.Cl. The van der Waals surface area contributed by atoms with Gasteiger partial charge in [-0.15, -0.1) is 24.8 Å². The molecule has 6 heteroatoms. The second kappa shape index (κ2) is 12.6. The van der Waals surface area contributed by atoms with Crippen LogP contribution in [0.25, 0.3) is 0 Å². The lowest BCUT2D eigenvalue weighted by atomic mass is 9.97. The molecule has 1 N–H and O–H groups in total. The number of piperazine rings is 1. The fraction of sp³-hybridized carbons (Fsp3) is 0.667. The Morgan fingerprint density at radius 1 is 1.08 bits per heavy atom. The van der Waals surface area contributed by atoms with Crippen molar-refractivity contribution in [3.63, 3.8) is 0 Å². The molecule has 1 aliphatic rings. The summed E-state index contributed by atoms with van der Waals surface area (Å²) in [6, 6.07) is 6.66. The number of halogens is 2. The minimum absolute atomic E-state index is 0. The van der Waals surface area contributed by atoms with E-state index in [0.29, 0.717) is 6.04 Å². The molecular weight excluding hydrogens is 347 g/mol. The van der Waals surface area contributed by atoms with Crippen LogP contribution in [0.4, 0.5) is 0 Å². The van der Waals surface area contributed by atoms with E-state index < -0.39 is 0 Å². The van der Waals surface area contributed by atoms with Gasteiger partial charge in [-0.1, -0.05) is 38.3 Å². The third-order valence-electron chi connectivity index (χ3n) is 4.47. The van der Waals surface area contributed by atoms with Crippen molar-refractivity contribution in [2.24, 2.45) is 0 Å². The molecule has 0 bridgehead atoms. The lowest BCUT2D eigenvalue weighted by Gasteiger charge is -2.36. The first-order chi connectivity index (χ1) is 10.8. The lowest BCUT2D eigenvalue weighted by molar-refractivity contribution is 0.159. The number of methoxy groups -OCH3 is 2. The molecule has 140 valence electrons. The van der Waals surface area contributed by atoms with Crippen molar-refractivity contribution in [3.8, 4) is 11.5 Å². The van der Waals surface area contributed by atoms with Crippen molar-refractivity contribution < 1.29 is 9.47 Å². The summed E-state index contributed by atoms with van der Waals surface area (Å²) >= 11 is 0. The van der Waals surface area contributed by atoms with Crippen LogP contribution in [0.2, 0.25) is 0 Å². The predicted molar refractivity (Wildman–Crippen MR) is 105 cm³/mol. The number of ether oxygens (including phenoxy) is 2. The summed E-state index contributed by atoms with van der Waals surface area (Å²) in [6.07, 6.45) is 4.97. The Labute approximate surface area is 159 Å². The van der Waals surface area contributed by atoms with Crippen molar-refractivity contribution in [2.75, 3.05) is 40.4 Å². The van der Waals surface area contributed by atoms with Crippen molar-refractivity contribution in [2.45, 2.75) is 38.6 Å². The maximum absolute atomic E-state index is 5.68. The molecular formula is C18H32Cl2N2O2. The van der Waals surface area contributed by atoms with Gasteiger partial charge in [0, 0.05) is 37.8 Å². The fourth-order valence-electron chi connectivity index (χ4n) is 3.29. The zero-order valence-corrected chi connectivity index (χ0v) is 16.7. The van der Waals surface area contributed by atoms with Crippen molar-refractivity contribution in [1.82, 2.24) is 10.2 Å². The molecule has 1 fully saturated rings. The largest absolute Gasteiger partial charge is 0.493 e. The maximum Gasteiger partial charge on any atom is 0.165 e. The molecule has 1 atom stereocenters. The summed E-state index contributed by atoms with van der Waals surface area (Å²) in [6.45, 7) is 6.58. The number of rotatable bonds is 8. The highest BCUT2D eigenvalue weighted by Crippen LogP contribution is 2.39. The third kappa shape index (κ3) is 5.99. The topological polar surface area (TPSA) is 33.7 Å². The normalized spacial score (nSPS) is 15.8. The van der Waals surface area contributed by atoms with Crippen LogP contribution >= 0.6 is 24.8 Å². The van der Waals surface area contributed by atoms with Gasteiger partial charge in [0.2, 0.25) is 0 Å². The minimum atomic E-state index is 0. The van der Waals surface area contributed by atoms with Gasteiger partial charge in [0.15, 0.2) is 11.5 Å². The molecule has 1 heterocycles. The Hall–Kier alpha value is -0.680. The summed E-state index contributed by atoms with van der Waals surface area (Å²) in [5, 5.41) is 3.44. The number of nitrogens with zero attached hydrogens (tertiary/aromatic N) is 1. The molecule has 0 radical (unpaired) electrons. The summed E-state index contributed by atoms with van der Waals surface area (Å²) in [4.78, 5) is 2.59. The lowest BCUT2D eigenvalue weighted by Crippen LogP contribution is -2.45. The number of hydrogen-bond acceptors (Lipinski definition) is 4. The number of unbranched alkanes of at least 4 members (excludes halogenated alkanes) is 2. The van der Waals surface area contributed by atoms with Gasteiger partial charge < -0.3 is 14.8 Å². The molecule has 0 saturated carbocycles. The van der Waals surface area contributed by atoms with E-state index in [9.17, 15) is 0 Å². The maximum atomic E-state index is 5.68. The van der Waals surface area contributed by atoms with Crippen molar-refractivity contribution in [3.05, 3.63) is 23.8 Å². The van der Waals surface area contributed by atoms with Gasteiger partial charge in [-0.25, -0.2) is 0 Å². The molecule has 24 heavy (non-hydrogen) atoms. The second-order valence-corrected chi connectivity index (χ2v) is 5.88. The quantitative estimate of drug-likeness (QED) is 0.691. The van der Waals surface area contributed by atoms with E-state index in [4.69, 9.17) is 9.47 Å². The molecule has 0 spiro atoms. The van der Waals surface area contributed by atoms with Crippen LogP contribution < -0.4 is 14.8 Å². The molecule has 1 aromatic rings. The van der Waals surface area contributed by atoms with Crippen LogP contribution in [0.5, 0.6) is 11.5 Å². The highest BCUT2D eigenvalue weighted by molar-refractivity contribution is 5.85. The highest BCUT2D eigenvalue weighted by Gasteiger charge is 2.25. The van der Waals surface area contributed by atoms with E-state index in [2.05, 4.69) is 29.3 Å². The zero-order chi connectivity index (χ0) is 15.8. The Balaban J connectivity index is 0.00000264. The van der Waals surface area contributed by atoms with Gasteiger partial charge in [0.1, 0.15) is 0 Å². The zero-order valence-electron chi connectivity index (χ0n) is 15.0. The van der Waals surface area contributed by atoms with Gasteiger partial charge in [-0.05, 0) is 12.5 Å². The van der Waals surface area contributed by atoms with Gasteiger partial charge in [0.05, 0.1) is 14.2 Å². The molecule has 4 nitrogen and oxygen atoms in total. The highest BCUT2D eigenvalue weighted by atomic mass is 35.5. The summed E-state index contributed by atoms with van der Waals surface area (Å²) < 4.78 is 11.2. The summed E-state index contributed by atoms with van der Waals surface area (Å²) in [5.74, 6) is 1.72. The number of benzene rings is 1. The summed E-state index contributed by atoms with van der Waals surface area (Å²) in [7, 11) is 3.45. The Bertz CT molecular complexity index is 455. The van der Waals surface area contributed by atoms with E-state index in [-0.39, 0.29) is 24.8 Å². The summed E-state index contributed by atoms with van der Waals surface area (Å²) in [5.41, 5.74) is 1.26. The molecule has 1 aromatic carbocycles. The van der Waals surface area contributed by atoms with E-state index in [0.717, 1.165) is 37.7 Å². The van der Waals surface area contributed by atoms with Gasteiger partial charge >= 0.3 is 0 Å². The van der Waals surface area contributed by atoms with Crippen LogP contribution in [0.3, 0.4) is 0 Å². The molecule has 0 aromatic heterocycles. The predicted octanol–water partition coefficient (Wildman–Crippen LogP) is 4.07. The van der Waals surface area contributed by atoms with E-state index in [1.54, 1.807) is 14.2 Å². The number of hydrogen-bond donors (Lipinski definition) is 1. The molecule has 0 aliphatic carbocycles. The van der Waals surface area contributed by atoms with Crippen LogP contribution in [0, 0.1) is 0 Å². The van der Waals surface area contributed by atoms with Crippen LogP contribution in [-0.4, -0.2) is 45.3 Å². The fourth-order valence-corrected chi connectivity index (χ4v) is 3.29. The Morgan fingerprint density at radius 3 is 2.38 bits per heavy atom. The Kier molecular flexibility index (Phi) is 12.3. The van der Waals surface area contributed by atoms with Gasteiger partial charge in [0.25, 0.3) is 0 Å². The first-order valence-electron chi connectivity index (χ1n) is 8.47. The third-order valence-corrected chi connectivity index (χ3v) is 4.47. The Morgan fingerprint density at radius 2 is 1.79 bits per heavy atom. The molecule has 1 saturated heterocycles. The number of nitrogens with one attached hydrogen (secondary N) is 1. The minimum Gasteiger partial charge on any atom is -0.493 e. The van der Waals surface area contributed by atoms with Crippen molar-refractivity contribution in [1.29, 1.82) is 0 Å². The average molecular weight is 379 g/mol. The van der Waals surface area contributed by atoms with Gasteiger partial charge in [-0.2, -0.15) is 0 Å². The first-order valence-corrected chi connectivity index (χ1v) is 8.47. The van der Waals surface area contributed by atoms with Crippen LogP contribution in [-0.2, 0) is 0 Å². The monoisotopic (exact) mass is 378 g/mol. The molecule has 0 amide bonds. The number of para-hydroxylation sites is 1. The molecule has 1 aliphatic heterocycles. The molecule has 2 rings (SSSR count). The van der Waals surface area contributed by atoms with Crippen molar-refractivity contribution >= 4 is 24.8 Å². The van der Waals surface area contributed by atoms with E-state index in [1.807, 2.05) is 6.07 Å². The van der Waals surface area contributed by atoms with E-state index in [1.165, 1.54) is 31.2 Å². The second-order valence-electron chi connectivity index (χ2n) is 5.88. The van der Waals surface area contributed by atoms with E-state index >= 15 is 0 Å². The standard InChI is InChI=1S/C18H30N2O2.2ClH/c1-4-5-6-9-16(20-13-11-19-12-14-20)15-8-7-10-17(21-2)18(15)22-3;;/h7-8,10,16,19H,4-6,9,11-14H2,1-3H3;2*1H/t16-;;/m0../s1.